The van der Waals surface area contributed by atoms with Crippen LogP contribution >= 0.6 is 56.7 Å². The largest absolute Gasteiger partial charge is 0.324 e. The molecule has 6 nitrogen and oxygen atoms in total. The van der Waals surface area contributed by atoms with Gasteiger partial charge in [-0.25, -0.2) is 0 Å². The highest BCUT2D eigenvalue weighted by molar-refractivity contribution is 7.30. The highest BCUT2D eigenvalue weighted by atomic mass is 32.1. The van der Waals surface area contributed by atoms with Crippen molar-refractivity contribution < 1.29 is 9.85 Å². The second-order valence-electron chi connectivity index (χ2n) is 6.28. The zero-order valence-electron chi connectivity index (χ0n) is 15.3. The summed E-state index contributed by atoms with van der Waals surface area (Å²) in [5.41, 5.74) is 0. The maximum atomic E-state index is 10.9. The standard InChI is InChI=1S/C20H10N2O4S5/c23-21(24)19-9-7-17(30-19)15-5-3-13(28-15)11-1-2-12(27-11)14-4-6-16(29-14)18-8-10-20(31-18)22(25)26/h1-10H. The number of nitro groups is 2. The molecule has 0 aliphatic heterocycles. The molecule has 31 heavy (non-hydrogen) atoms. The van der Waals surface area contributed by atoms with Crippen LogP contribution in [0.3, 0.4) is 0 Å². The fourth-order valence-electron chi connectivity index (χ4n) is 2.92. The van der Waals surface area contributed by atoms with Gasteiger partial charge in [-0.1, -0.05) is 22.7 Å². The molecule has 5 rings (SSSR count). The SMILES string of the molecule is O=[N+]([O-])c1ccc(-c2ccc(-c3ccc(-c4ccc(-c5ccc([N+](=O)[O-])s5)s4)s3)s2)s1. The smallest absolute Gasteiger partial charge is 0.258 e. The van der Waals surface area contributed by atoms with Gasteiger partial charge in [0.05, 0.1) is 19.6 Å². The molecule has 0 spiro atoms. The summed E-state index contributed by atoms with van der Waals surface area (Å²) in [5.74, 6) is 0. The molecule has 0 aliphatic rings. The predicted molar refractivity (Wildman–Crippen MR) is 131 cm³/mol. The van der Waals surface area contributed by atoms with Crippen LogP contribution in [0.4, 0.5) is 10.0 Å². The van der Waals surface area contributed by atoms with E-state index in [0.29, 0.717) is 0 Å². The molecular weight excluding hydrogens is 493 g/mol. The third-order valence-electron chi connectivity index (χ3n) is 4.33. The Hall–Kier alpha value is -2.70. The minimum atomic E-state index is -0.363. The first kappa shape index (κ1) is 20.2. The quantitative estimate of drug-likeness (QED) is 0.172. The Morgan fingerprint density at radius 2 is 0.645 bits per heavy atom. The van der Waals surface area contributed by atoms with Crippen molar-refractivity contribution in [2.24, 2.45) is 0 Å². The van der Waals surface area contributed by atoms with E-state index in [1.165, 1.54) is 22.7 Å². The summed E-state index contributed by atoms with van der Waals surface area (Å²) < 4.78 is 0. The summed E-state index contributed by atoms with van der Waals surface area (Å²) in [5, 5.41) is 22.1. The molecule has 154 valence electrons. The lowest BCUT2D eigenvalue weighted by Gasteiger charge is -1.92. The lowest BCUT2D eigenvalue weighted by molar-refractivity contribution is -0.380. The summed E-state index contributed by atoms with van der Waals surface area (Å²) in [6, 6.07) is 18.9. The van der Waals surface area contributed by atoms with E-state index in [2.05, 4.69) is 12.1 Å². The normalized spacial score (nSPS) is 11.1. The van der Waals surface area contributed by atoms with Crippen molar-refractivity contribution in [2.75, 3.05) is 0 Å². The molecule has 0 unspecified atom stereocenters. The molecule has 0 amide bonds. The molecule has 0 radical (unpaired) electrons. The Labute approximate surface area is 195 Å². The maximum absolute atomic E-state index is 10.9. The van der Waals surface area contributed by atoms with Gasteiger partial charge >= 0.3 is 10.0 Å². The molecule has 0 saturated carbocycles. The topological polar surface area (TPSA) is 86.3 Å². The van der Waals surface area contributed by atoms with Crippen molar-refractivity contribution >= 4 is 66.7 Å². The maximum Gasteiger partial charge on any atom is 0.324 e. The average molecular weight is 503 g/mol. The van der Waals surface area contributed by atoms with Crippen LogP contribution in [0.5, 0.6) is 0 Å². The molecule has 0 bridgehead atoms. The first-order chi connectivity index (χ1) is 15.0. The number of thiophene rings is 5. The summed E-state index contributed by atoms with van der Waals surface area (Å²) >= 11 is 7.29. The summed E-state index contributed by atoms with van der Waals surface area (Å²) in [7, 11) is 0. The molecule has 0 aliphatic carbocycles. The highest BCUT2D eigenvalue weighted by Crippen LogP contribution is 2.45. The Morgan fingerprint density at radius 1 is 0.419 bits per heavy atom. The van der Waals surface area contributed by atoms with Gasteiger partial charge in [0, 0.05) is 41.4 Å². The first-order valence-corrected chi connectivity index (χ1v) is 12.9. The molecule has 0 aromatic carbocycles. The fourth-order valence-corrected chi connectivity index (χ4v) is 7.95. The first-order valence-electron chi connectivity index (χ1n) is 8.77. The summed E-state index contributed by atoms with van der Waals surface area (Å²) in [4.78, 5) is 29.5. The van der Waals surface area contributed by atoms with Crippen LogP contribution in [0.25, 0.3) is 39.0 Å². The third-order valence-corrected chi connectivity index (χ3v) is 10.4. The van der Waals surface area contributed by atoms with Crippen LogP contribution in [0.2, 0.25) is 0 Å². The Balaban J connectivity index is 1.38. The molecule has 5 aromatic rings. The van der Waals surface area contributed by atoms with Gasteiger partial charge in [-0.3, -0.25) is 20.2 Å². The highest BCUT2D eigenvalue weighted by Gasteiger charge is 2.16. The zero-order chi connectivity index (χ0) is 21.5. The monoisotopic (exact) mass is 502 g/mol. The number of hydrogen-bond acceptors (Lipinski definition) is 9. The van der Waals surface area contributed by atoms with Crippen molar-refractivity contribution in [1.82, 2.24) is 0 Å². The van der Waals surface area contributed by atoms with Crippen molar-refractivity contribution in [3.63, 3.8) is 0 Å². The van der Waals surface area contributed by atoms with Crippen LogP contribution in [0.15, 0.2) is 60.7 Å². The fraction of sp³-hybridized carbons (Fsp3) is 0. The van der Waals surface area contributed by atoms with E-state index in [9.17, 15) is 20.2 Å². The van der Waals surface area contributed by atoms with Crippen LogP contribution in [0.1, 0.15) is 0 Å². The van der Waals surface area contributed by atoms with E-state index in [1.54, 1.807) is 58.3 Å². The summed E-state index contributed by atoms with van der Waals surface area (Å²) in [6.07, 6.45) is 0. The molecule has 0 saturated heterocycles. The molecule has 5 aromatic heterocycles. The molecular formula is C20H10N2O4S5. The van der Waals surface area contributed by atoms with Crippen molar-refractivity contribution in [2.45, 2.75) is 0 Å². The number of nitrogens with zero attached hydrogens (tertiary/aromatic N) is 2. The molecule has 11 heteroatoms. The predicted octanol–water partition coefficient (Wildman–Crippen LogP) is 8.48. The van der Waals surface area contributed by atoms with Gasteiger partial charge in [-0.05, 0) is 48.5 Å². The van der Waals surface area contributed by atoms with E-state index in [4.69, 9.17) is 0 Å². The molecule has 0 atom stereocenters. The van der Waals surface area contributed by atoms with E-state index in [-0.39, 0.29) is 19.8 Å². The zero-order valence-corrected chi connectivity index (χ0v) is 19.4. The van der Waals surface area contributed by atoms with E-state index >= 15 is 0 Å². The van der Waals surface area contributed by atoms with Crippen LogP contribution in [-0.4, -0.2) is 9.85 Å². The third kappa shape index (κ3) is 3.98. The van der Waals surface area contributed by atoms with Crippen molar-refractivity contribution in [3.8, 4) is 39.0 Å². The van der Waals surface area contributed by atoms with Gasteiger partial charge in [0.1, 0.15) is 0 Å². The van der Waals surface area contributed by atoms with Crippen LogP contribution in [0, 0.1) is 20.2 Å². The van der Waals surface area contributed by atoms with Gasteiger partial charge in [0.2, 0.25) is 0 Å². The van der Waals surface area contributed by atoms with E-state index < -0.39 is 0 Å². The summed E-state index contributed by atoms with van der Waals surface area (Å²) in [6.45, 7) is 0. The minimum absolute atomic E-state index is 0.146. The lowest BCUT2D eigenvalue weighted by atomic mass is 10.3. The molecule has 0 N–H and O–H groups in total. The Morgan fingerprint density at radius 3 is 0.871 bits per heavy atom. The Kier molecular flexibility index (Phi) is 5.28. The number of hydrogen-bond donors (Lipinski definition) is 0. The molecule has 5 heterocycles. The Bertz CT molecular complexity index is 1320. The molecule has 0 fully saturated rings. The lowest BCUT2D eigenvalue weighted by Crippen LogP contribution is -1.80. The van der Waals surface area contributed by atoms with Gasteiger partial charge in [0.25, 0.3) is 0 Å². The van der Waals surface area contributed by atoms with Gasteiger partial charge in [-0.15, -0.1) is 34.0 Å². The van der Waals surface area contributed by atoms with Gasteiger partial charge in [0.15, 0.2) is 0 Å². The van der Waals surface area contributed by atoms with E-state index in [0.717, 1.165) is 39.0 Å². The van der Waals surface area contributed by atoms with Gasteiger partial charge < -0.3 is 0 Å². The van der Waals surface area contributed by atoms with Crippen LogP contribution < -0.4 is 0 Å². The second-order valence-corrected chi connectivity index (χ2v) is 11.7. The van der Waals surface area contributed by atoms with Gasteiger partial charge in [-0.2, -0.15) is 0 Å². The minimum Gasteiger partial charge on any atom is -0.258 e. The second kappa shape index (κ2) is 8.09. The number of rotatable bonds is 6. The van der Waals surface area contributed by atoms with Crippen LogP contribution in [-0.2, 0) is 0 Å². The van der Waals surface area contributed by atoms with E-state index in [1.807, 2.05) is 24.3 Å². The van der Waals surface area contributed by atoms with Crippen molar-refractivity contribution in [3.05, 3.63) is 80.9 Å². The van der Waals surface area contributed by atoms with Crippen molar-refractivity contribution in [1.29, 1.82) is 0 Å². The average Bonchev–Trinajstić information content (AvgIpc) is 3.56.